The summed E-state index contributed by atoms with van der Waals surface area (Å²) in [5.74, 6) is 0.928. The van der Waals surface area contributed by atoms with Crippen molar-refractivity contribution in [1.29, 1.82) is 0 Å². The summed E-state index contributed by atoms with van der Waals surface area (Å²) >= 11 is 1.66. The van der Waals surface area contributed by atoms with E-state index in [-0.39, 0.29) is 18.0 Å². The summed E-state index contributed by atoms with van der Waals surface area (Å²) in [6, 6.07) is 8.00. The minimum atomic E-state index is -0.211. The number of hydrogen-bond donors (Lipinski definition) is 1. The maximum absolute atomic E-state index is 13.8. The smallest absolute Gasteiger partial charge is 0.263 e. The number of fused-ring (bicyclic) bond motifs is 3. The van der Waals surface area contributed by atoms with E-state index < -0.39 is 0 Å². The fourth-order valence-corrected chi connectivity index (χ4v) is 6.27. The Morgan fingerprint density at radius 2 is 1.91 bits per heavy atom. The average Bonchev–Trinajstić information content (AvgIpc) is 3.25. The third-order valence-electron chi connectivity index (χ3n) is 7.30. The highest BCUT2D eigenvalue weighted by atomic mass is 32.1. The zero-order valence-electron chi connectivity index (χ0n) is 20.6. The highest BCUT2D eigenvalue weighted by Gasteiger charge is 2.24. The number of carbonyl (C=O) groups is 1. The van der Waals surface area contributed by atoms with Crippen molar-refractivity contribution in [1.82, 2.24) is 14.5 Å². The fourth-order valence-electron chi connectivity index (χ4n) is 5.00. The molecule has 1 N–H and O–H groups in total. The number of aromatic nitrogens is 2. The third kappa shape index (κ3) is 5.20. The van der Waals surface area contributed by atoms with Gasteiger partial charge in [-0.2, -0.15) is 0 Å². The number of rotatable bonds is 7. The molecule has 3 heterocycles. The monoisotopic (exact) mass is 494 g/mol. The minimum absolute atomic E-state index is 0.0425. The summed E-state index contributed by atoms with van der Waals surface area (Å²) in [6.45, 7) is 7.80. The second kappa shape index (κ2) is 10.6. The van der Waals surface area contributed by atoms with Crippen LogP contribution in [0.25, 0.3) is 10.2 Å². The van der Waals surface area contributed by atoms with E-state index in [0.29, 0.717) is 31.5 Å². The topological polar surface area (TPSA) is 76.5 Å². The van der Waals surface area contributed by atoms with Gasteiger partial charge in [0.05, 0.1) is 25.1 Å². The number of hydrogen-bond acceptors (Lipinski definition) is 6. The quantitative estimate of drug-likeness (QED) is 0.529. The van der Waals surface area contributed by atoms with Crippen LogP contribution in [-0.4, -0.2) is 46.7 Å². The van der Waals surface area contributed by atoms with Crippen molar-refractivity contribution < 1.29 is 9.53 Å². The van der Waals surface area contributed by atoms with Crippen LogP contribution >= 0.6 is 11.3 Å². The van der Waals surface area contributed by atoms with Crippen LogP contribution in [0, 0.1) is 0 Å². The Morgan fingerprint density at radius 1 is 1.17 bits per heavy atom. The van der Waals surface area contributed by atoms with E-state index in [0.717, 1.165) is 66.7 Å². The molecule has 1 fully saturated rings. The molecule has 3 aromatic rings. The highest BCUT2D eigenvalue weighted by molar-refractivity contribution is 7.18. The summed E-state index contributed by atoms with van der Waals surface area (Å²) in [5, 5.41) is 3.70. The molecule has 35 heavy (non-hydrogen) atoms. The molecule has 0 spiro atoms. The van der Waals surface area contributed by atoms with Crippen molar-refractivity contribution >= 4 is 33.1 Å². The van der Waals surface area contributed by atoms with Gasteiger partial charge in [-0.3, -0.25) is 19.1 Å². The Labute approximate surface area is 210 Å². The van der Waals surface area contributed by atoms with Gasteiger partial charge in [0.2, 0.25) is 5.91 Å². The van der Waals surface area contributed by atoms with Crippen LogP contribution in [0.2, 0.25) is 0 Å². The number of amides is 1. The Balaban J connectivity index is 1.44. The van der Waals surface area contributed by atoms with E-state index >= 15 is 0 Å². The second-order valence-electron chi connectivity index (χ2n) is 9.68. The molecule has 1 unspecified atom stereocenters. The Bertz CT molecular complexity index is 1260. The first kappa shape index (κ1) is 24.2. The maximum Gasteiger partial charge on any atom is 0.263 e. The number of ether oxygens (including phenoxy) is 1. The van der Waals surface area contributed by atoms with Crippen molar-refractivity contribution in [2.75, 3.05) is 31.6 Å². The largest absolute Gasteiger partial charge is 0.379 e. The highest BCUT2D eigenvalue weighted by Crippen LogP contribution is 2.34. The molecule has 5 rings (SSSR count). The zero-order valence-corrected chi connectivity index (χ0v) is 21.5. The molecule has 8 heteroatoms. The molecule has 1 aliphatic carbocycles. The number of aryl methyl sites for hydroxylation is 2. The van der Waals surface area contributed by atoms with Crippen LogP contribution in [-0.2, 0) is 35.5 Å². The molecule has 1 amide bonds. The molecule has 0 saturated carbocycles. The maximum atomic E-state index is 13.8. The van der Waals surface area contributed by atoms with Crippen LogP contribution in [0.5, 0.6) is 0 Å². The minimum Gasteiger partial charge on any atom is -0.379 e. The van der Waals surface area contributed by atoms with Crippen LogP contribution in [0.4, 0.5) is 5.69 Å². The first-order valence-corrected chi connectivity index (χ1v) is 13.6. The summed E-state index contributed by atoms with van der Waals surface area (Å²) in [7, 11) is 0. The number of nitrogens with one attached hydrogen (secondary N) is 1. The Hall–Kier alpha value is -2.55. The Kier molecular flexibility index (Phi) is 7.32. The number of nitrogens with zero attached hydrogens (tertiary/aromatic N) is 3. The van der Waals surface area contributed by atoms with E-state index in [2.05, 4.69) is 36.2 Å². The van der Waals surface area contributed by atoms with Gasteiger partial charge < -0.3 is 10.1 Å². The molecule has 186 valence electrons. The molecule has 0 bridgehead atoms. The van der Waals surface area contributed by atoms with E-state index in [9.17, 15) is 9.59 Å². The lowest BCUT2D eigenvalue weighted by atomic mass is 9.97. The van der Waals surface area contributed by atoms with Crippen molar-refractivity contribution in [3.05, 3.63) is 56.4 Å². The standard InChI is InChI=1S/C27H34N4O3S/c1-3-18(2)19-8-10-20(11-9-19)28-24(32)17-31-23(16-30-12-14-34-15-13-30)29-26-25(27(31)33)21-6-4-5-7-22(21)35-26/h8-11,18H,3-7,12-17H2,1-2H3,(H,28,32). The van der Waals surface area contributed by atoms with E-state index in [1.807, 2.05) is 12.1 Å². The van der Waals surface area contributed by atoms with Crippen LogP contribution < -0.4 is 10.9 Å². The normalized spacial score (nSPS) is 17.3. The summed E-state index contributed by atoms with van der Waals surface area (Å²) in [5.41, 5.74) is 3.07. The lowest BCUT2D eigenvalue weighted by molar-refractivity contribution is -0.116. The average molecular weight is 495 g/mol. The fraction of sp³-hybridized carbons (Fsp3) is 0.519. The molecular formula is C27H34N4O3S. The van der Waals surface area contributed by atoms with Gasteiger partial charge in [0.1, 0.15) is 17.2 Å². The number of morpholine rings is 1. The molecular weight excluding hydrogens is 460 g/mol. The van der Waals surface area contributed by atoms with Crippen LogP contribution in [0.1, 0.15) is 60.9 Å². The van der Waals surface area contributed by atoms with Gasteiger partial charge in [-0.15, -0.1) is 11.3 Å². The molecule has 1 saturated heterocycles. The molecule has 2 aromatic heterocycles. The van der Waals surface area contributed by atoms with Gasteiger partial charge in [0, 0.05) is 23.7 Å². The van der Waals surface area contributed by atoms with Crippen molar-refractivity contribution in [3.8, 4) is 0 Å². The third-order valence-corrected chi connectivity index (χ3v) is 8.49. The second-order valence-corrected chi connectivity index (χ2v) is 10.8. The number of thiophene rings is 1. The summed E-state index contributed by atoms with van der Waals surface area (Å²) in [4.78, 5) is 36.2. The molecule has 2 aliphatic rings. The van der Waals surface area contributed by atoms with Gasteiger partial charge in [-0.25, -0.2) is 4.98 Å². The van der Waals surface area contributed by atoms with Gasteiger partial charge in [0.25, 0.3) is 5.56 Å². The zero-order chi connectivity index (χ0) is 24.4. The number of benzene rings is 1. The van der Waals surface area contributed by atoms with Crippen molar-refractivity contribution in [2.24, 2.45) is 0 Å². The predicted octanol–water partition coefficient (Wildman–Crippen LogP) is 4.32. The summed E-state index contributed by atoms with van der Waals surface area (Å²) in [6.07, 6.45) is 5.27. The lowest BCUT2D eigenvalue weighted by Gasteiger charge is -2.27. The number of anilines is 1. The van der Waals surface area contributed by atoms with E-state index in [1.165, 1.54) is 10.4 Å². The van der Waals surface area contributed by atoms with Crippen LogP contribution in [0.3, 0.4) is 0 Å². The number of carbonyl (C=O) groups excluding carboxylic acids is 1. The van der Waals surface area contributed by atoms with Crippen molar-refractivity contribution in [2.45, 2.75) is 65.0 Å². The van der Waals surface area contributed by atoms with Crippen molar-refractivity contribution in [3.63, 3.8) is 0 Å². The Morgan fingerprint density at radius 3 is 2.66 bits per heavy atom. The lowest BCUT2D eigenvalue weighted by Crippen LogP contribution is -2.39. The molecule has 1 aromatic carbocycles. The molecule has 0 radical (unpaired) electrons. The predicted molar refractivity (Wildman–Crippen MR) is 140 cm³/mol. The molecule has 1 atom stereocenters. The van der Waals surface area contributed by atoms with Gasteiger partial charge in [-0.05, 0) is 61.3 Å². The van der Waals surface area contributed by atoms with Crippen LogP contribution in [0.15, 0.2) is 29.1 Å². The van der Waals surface area contributed by atoms with Gasteiger partial charge in [0.15, 0.2) is 0 Å². The molecule has 1 aliphatic heterocycles. The SMILES string of the molecule is CCC(C)c1ccc(NC(=O)Cn2c(CN3CCOCC3)nc3sc4c(c3c2=O)CCCC4)cc1. The van der Waals surface area contributed by atoms with Gasteiger partial charge in [-0.1, -0.05) is 26.0 Å². The molecule has 7 nitrogen and oxygen atoms in total. The first-order chi connectivity index (χ1) is 17.0. The van der Waals surface area contributed by atoms with E-state index in [1.54, 1.807) is 15.9 Å². The summed E-state index contributed by atoms with van der Waals surface area (Å²) < 4.78 is 7.08. The first-order valence-electron chi connectivity index (χ1n) is 12.8. The van der Waals surface area contributed by atoms with Gasteiger partial charge >= 0.3 is 0 Å². The van der Waals surface area contributed by atoms with E-state index in [4.69, 9.17) is 9.72 Å².